The Morgan fingerprint density at radius 3 is 2.42 bits per heavy atom. The Kier molecular flexibility index (Phi) is 6.70. The van der Waals surface area contributed by atoms with Crippen molar-refractivity contribution >= 4 is 27.3 Å². The number of benzene rings is 2. The SMILES string of the molecule is Cc1ccc(S(=O)(=O)N(CC(=O)N2CCc3sccc3C2c2ccc(F)cc2)C(C)C)cc1. The Balaban J connectivity index is 1.66. The lowest BCUT2D eigenvalue weighted by Crippen LogP contribution is -2.48. The lowest BCUT2D eigenvalue weighted by Gasteiger charge is -2.38. The number of fused-ring (bicyclic) bond motifs is 1. The second-order valence-electron chi connectivity index (χ2n) is 8.55. The summed E-state index contributed by atoms with van der Waals surface area (Å²) in [6.07, 6.45) is 0.711. The first kappa shape index (κ1) is 23.6. The van der Waals surface area contributed by atoms with E-state index in [-0.39, 0.29) is 29.2 Å². The highest BCUT2D eigenvalue weighted by molar-refractivity contribution is 7.89. The molecule has 33 heavy (non-hydrogen) atoms. The van der Waals surface area contributed by atoms with Crippen LogP contribution in [0, 0.1) is 12.7 Å². The molecule has 1 amide bonds. The Labute approximate surface area is 198 Å². The van der Waals surface area contributed by atoms with Crippen molar-refractivity contribution in [3.8, 4) is 0 Å². The van der Waals surface area contributed by atoms with Gasteiger partial charge in [0.25, 0.3) is 0 Å². The maximum atomic E-state index is 13.6. The average molecular weight is 487 g/mol. The molecule has 2 heterocycles. The minimum atomic E-state index is -3.85. The molecule has 0 fully saturated rings. The van der Waals surface area contributed by atoms with Gasteiger partial charge < -0.3 is 4.90 Å². The molecule has 1 aliphatic heterocycles. The molecule has 174 valence electrons. The van der Waals surface area contributed by atoms with Crippen molar-refractivity contribution in [3.05, 3.63) is 87.4 Å². The van der Waals surface area contributed by atoms with Gasteiger partial charge in [-0.1, -0.05) is 29.8 Å². The van der Waals surface area contributed by atoms with E-state index in [1.54, 1.807) is 66.5 Å². The molecule has 3 aromatic rings. The molecule has 0 radical (unpaired) electrons. The summed E-state index contributed by atoms with van der Waals surface area (Å²) in [7, 11) is -3.85. The molecule has 1 atom stereocenters. The van der Waals surface area contributed by atoms with Crippen LogP contribution in [0.4, 0.5) is 4.39 Å². The minimum absolute atomic E-state index is 0.170. The molecule has 1 aliphatic rings. The van der Waals surface area contributed by atoms with E-state index in [1.165, 1.54) is 21.3 Å². The highest BCUT2D eigenvalue weighted by Gasteiger charge is 2.36. The summed E-state index contributed by atoms with van der Waals surface area (Å²) in [5, 5.41) is 2.00. The van der Waals surface area contributed by atoms with Gasteiger partial charge in [-0.25, -0.2) is 12.8 Å². The van der Waals surface area contributed by atoms with Crippen molar-refractivity contribution in [1.82, 2.24) is 9.21 Å². The molecule has 0 spiro atoms. The summed E-state index contributed by atoms with van der Waals surface area (Å²) < 4.78 is 41.6. The van der Waals surface area contributed by atoms with Crippen molar-refractivity contribution in [2.24, 2.45) is 0 Å². The quantitative estimate of drug-likeness (QED) is 0.504. The number of carbonyl (C=O) groups is 1. The molecule has 2 aromatic carbocycles. The van der Waals surface area contributed by atoms with E-state index in [4.69, 9.17) is 0 Å². The molecular weight excluding hydrogens is 459 g/mol. The molecule has 8 heteroatoms. The van der Waals surface area contributed by atoms with Crippen LogP contribution in [0.3, 0.4) is 0 Å². The number of sulfonamides is 1. The maximum absolute atomic E-state index is 13.6. The van der Waals surface area contributed by atoms with E-state index in [9.17, 15) is 17.6 Å². The fourth-order valence-corrected chi connectivity index (χ4v) is 6.69. The van der Waals surface area contributed by atoms with Gasteiger partial charge in [0.2, 0.25) is 15.9 Å². The number of hydrogen-bond donors (Lipinski definition) is 0. The van der Waals surface area contributed by atoms with E-state index >= 15 is 0 Å². The number of amides is 1. The highest BCUT2D eigenvalue weighted by atomic mass is 32.2. The second-order valence-corrected chi connectivity index (χ2v) is 11.4. The van der Waals surface area contributed by atoms with Crippen LogP contribution in [0.5, 0.6) is 0 Å². The first-order chi connectivity index (χ1) is 15.7. The fraction of sp³-hybridized carbons (Fsp3) is 0.320. The second kappa shape index (κ2) is 9.37. The highest BCUT2D eigenvalue weighted by Crippen LogP contribution is 2.38. The predicted molar refractivity (Wildman–Crippen MR) is 128 cm³/mol. The monoisotopic (exact) mass is 486 g/mol. The van der Waals surface area contributed by atoms with Gasteiger partial charge in [-0.05, 0) is 74.0 Å². The van der Waals surface area contributed by atoms with Gasteiger partial charge in [-0.2, -0.15) is 4.31 Å². The van der Waals surface area contributed by atoms with Crippen molar-refractivity contribution in [3.63, 3.8) is 0 Å². The van der Waals surface area contributed by atoms with Gasteiger partial charge in [0.05, 0.1) is 17.5 Å². The zero-order valence-corrected chi connectivity index (χ0v) is 20.5. The van der Waals surface area contributed by atoms with E-state index in [1.807, 2.05) is 18.4 Å². The first-order valence-corrected chi connectivity index (χ1v) is 13.2. The van der Waals surface area contributed by atoms with Crippen LogP contribution in [0.15, 0.2) is 64.9 Å². The first-order valence-electron chi connectivity index (χ1n) is 10.9. The summed E-state index contributed by atoms with van der Waals surface area (Å²) in [4.78, 5) is 16.7. The summed E-state index contributed by atoms with van der Waals surface area (Å²) in [5.41, 5.74) is 2.79. The predicted octanol–water partition coefficient (Wildman–Crippen LogP) is 4.77. The van der Waals surface area contributed by atoms with E-state index in [2.05, 4.69) is 0 Å². The largest absolute Gasteiger partial charge is 0.330 e. The average Bonchev–Trinajstić information content (AvgIpc) is 3.26. The zero-order valence-electron chi connectivity index (χ0n) is 18.9. The number of aryl methyl sites for hydroxylation is 1. The summed E-state index contributed by atoms with van der Waals surface area (Å²) in [6, 6.07) is 14.0. The molecular formula is C25H27FN2O3S2. The Morgan fingerprint density at radius 2 is 1.79 bits per heavy atom. The molecule has 0 saturated heterocycles. The molecule has 0 saturated carbocycles. The Hall–Kier alpha value is -2.55. The van der Waals surface area contributed by atoms with Crippen LogP contribution >= 0.6 is 11.3 Å². The molecule has 5 nitrogen and oxygen atoms in total. The molecule has 0 N–H and O–H groups in total. The van der Waals surface area contributed by atoms with Crippen molar-refractivity contribution in [2.75, 3.05) is 13.1 Å². The number of halogens is 1. The Morgan fingerprint density at radius 1 is 1.12 bits per heavy atom. The molecule has 0 aliphatic carbocycles. The van der Waals surface area contributed by atoms with Crippen molar-refractivity contribution < 1.29 is 17.6 Å². The van der Waals surface area contributed by atoms with Crippen LogP contribution in [0.25, 0.3) is 0 Å². The number of hydrogen-bond acceptors (Lipinski definition) is 4. The number of nitrogens with zero attached hydrogens (tertiary/aromatic N) is 2. The van der Waals surface area contributed by atoms with E-state index in [0.29, 0.717) is 13.0 Å². The summed E-state index contributed by atoms with van der Waals surface area (Å²) in [5.74, 6) is -0.612. The fourth-order valence-electron chi connectivity index (χ4n) is 4.20. The van der Waals surface area contributed by atoms with Crippen LogP contribution < -0.4 is 0 Å². The third-order valence-corrected chi connectivity index (χ3v) is 9.00. The summed E-state index contributed by atoms with van der Waals surface area (Å²) >= 11 is 1.64. The standard InChI is InChI=1S/C25H27FN2O3S2/c1-17(2)28(33(30,31)21-10-4-18(3)5-11-21)16-24(29)27-14-12-23-22(13-15-32-23)25(27)19-6-8-20(26)9-7-19/h4-11,13,15,17,25H,12,14,16H2,1-3H3. The van der Waals surface area contributed by atoms with Crippen LogP contribution in [0.1, 0.15) is 41.5 Å². The number of carbonyl (C=O) groups excluding carboxylic acids is 1. The van der Waals surface area contributed by atoms with Crippen LogP contribution in [-0.4, -0.2) is 42.7 Å². The molecule has 4 rings (SSSR count). The normalized spacial score (nSPS) is 16.3. The van der Waals surface area contributed by atoms with Gasteiger partial charge in [0.15, 0.2) is 0 Å². The van der Waals surface area contributed by atoms with Gasteiger partial charge in [0.1, 0.15) is 5.82 Å². The van der Waals surface area contributed by atoms with Crippen molar-refractivity contribution in [1.29, 1.82) is 0 Å². The topological polar surface area (TPSA) is 57.7 Å². The van der Waals surface area contributed by atoms with Crippen LogP contribution in [-0.2, 0) is 21.2 Å². The summed E-state index contributed by atoms with van der Waals surface area (Å²) in [6.45, 7) is 5.65. The lowest BCUT2D eigenvalue weighted by atomic mass is 9.93. The number of thiophene rings is 1. The van der Waals surface area contributed by atoms with Crippen molar-refractivity contribution in [2.45, 2.75) is 44.2 Å². The third-order valence-electron chi connectivity index (χ3n) is 5.97. The minimum Gasteiger partial charge on any atom is -0.330 e. The van der Waals surface area contributed by atoms with Gasteiger partial charge in [0, 0.05) is 17.5 Å². The Bertz CT molecular complexity index is 1240. The lowest BCUT2D eigenvalue weighted by molar-refractivity contribution is -0.133. The maximum Gasteiger partial charge on any atom is 0.243 e. The molecule has 1 aromatic heterocycles. The molecule has 0 bridgehead atoms. The smallest absolute Gasteiger partial charge is 0.243 e. The van der Waals surface area contributed by atoms with Gasteiger partial charge >= 0.3 is 0 Å². The third kappa shape index (κ3) is 4.74. The van der Waals surface area contributed by atoms with Crippen LogP contribution in [0.2, 0.25) is 0 Å². The van der Waals surface area contributed by atoms with E-state index in [0.717, 1.165) is 16.7 Å². The van der Waals surface area contributed by atoms with Gasteiger partial charge in [-0.15, -0.1) is 11.3 Å². The molecule has 1 unspecified atom stereocenters. The van der Waals surface area contributed by atoms with E-state index < -0.39 is 16.1 Å². The van der Waals surface area contributed by atoms with Gasteiger partial charge in [-0.3, -0.25) is 4.79 Å². The zero-order chi connectivity index (χ0) is 23.8. The number of rotatable bonds is 6.